The van der Waals surface area contributed by atoms with Crippen molar-refractivity contribution in [2.24, 2.45) is 16.8 Å². The van der Waals surface area contributed by atoms with Crippen molar-refractivity contribution >= 4 is 45.4 Å². The van der Waals surface area contributed by atoms with Gasteiger partial charge in [-0.25, -0.2) is 19.8 Å². The van der Waals surface area contributed by atoms with E-state index in [4.69, 9.17) is 23.6 Å². The quantitative estimate of drug-likeness (QED) is 0.253. The lowest BCUT2D eigenvalue weighted by atomic mass is 9.65. The van der Waals surface area contributed by atoms with Gasteiger partial charge in [-0.15, -0.1) is 0 Å². The second kappa shape index (κ2) is 10.5. The van der Waals surface area contributed by atoms with Crippen molar-refractivity contribution in [2.45, 2.75) is 50.4 Å². The molecule has 0 bridgehead atoms. The number of ether oxygens (including phenoxy) is 3. The summed E-state index contributed by atoms with van der Waals surface area (Å²) in [6.45, 7) is 5.59. The van der Waals surface area contributed by atoms with Gasteiger partial charge >= 0.3 is 12.1 Å². The zero-order valence-corrected chi connectivity index (χ0v) is 24.4. The molecule has 230 valence electrons. The summed E-state index contributed by atoms with van der Waals surface area (Å²) in [5.74, 6) is -1.14. The molecule has 3 aliphatic rings. The number of esters is 1. The SMILES string of the molecule is COC(=O)[C@@H]1C[C@H](OC2=Nc3ccccc3C2(C)[C@@H]2CCOC[C@H]2C)CN1c1nc(C(F)(F)F)nc2c1oc1ccccc12. The highest BCUT2D eigenvalue weighted by Crippen LogP contribution is 2.50. The first-order chi connectivity index (χ1) is 21.1. The highest BCUT2D eigenvalue weighted by molar-refractivity contribution is 6.06. The maximum atomic E-state index is 14.1. The van der Waals surface area contributed by atoms with Crippen molar-refractivity contribution in [3.63, 3.8) is 0 Å². The Hall–Kier alpha value is -4.19. The number of rotatable bonds is 4. The molecule has 7 rings (SSSR count). The number of anilines is 1. The fourth-order valence-electron chi connectivity index (χ4n) is 7.13. The third kappa shape index (κ3) is 4.49. The summed E-state index contributed by atoms with van der Waals surface area (Å²) < 4.78 is 65.7. The molecule has 3 aliphatic heterocycles. The fourth-order valence-corrected chi connectivity index (χ4v) is 7.13. The number of benzene rings is 2. The number of methoxy groups -OCH3 is 1. The number of para-hydroxylation sites is 2. The Balaban J connectivity index is 1.29. The Kier molecular flexibility index (Phi) is 6.80. The van der Waals surface area contributed by atoms with Crippen molar-refractivity contribution in [1.82, 2.24) is 9.97 Å². The van der Waals surface area contributed by atoms with E-state index >= 15 is 0 Å². The molecule has 12 heteroatoms. The van der Waals surface area contributed by atoms with Gasteiger partial charge in [-0.2, -0.15) is 13.2 Å². The molecule has 5 heterocycles. The molecule has 44 heavy (non-hydrogen) atoms. The van der Waals surface area contributed by atoms with E-state index < -0.39 is 35.5 Å². The number of fused-ring (bicyclic) bond motifs is 4. The lowest BCUT2D eigenvalue weighted by molar-refractivity contribution is -0.144. The van der Waals surface area contributed by atoms with Crippen molar-refractivity contribution in [2.75, 3.05) is 31.8 Å². The molecular weight excluding hydrogens is 577 g/mol. The first-order valence-electron chi connectivity index (χ1n) is 14.6. The third-order valence-corrected chi connectivity index (χ3v) is 9.25. The fraction of sp³-hybridized carbons (Fsp3) is 0.438. The van der Waals surface area contributed by atoms with Gasteiger partial charge in [0, 0.05) is 25.0 Å². The molecule has 2 aromatic carbocycles. The molecule has 0 aliphatic carbocycles. The molecule has 4 aromatic rings. The van der Waals surface area contributed by atoms with E-state index in [-0.39, 0.29) is 41.7 Å². The Labute approximate surface area is 251 Å². The highest BCUT2D eigenvalue weighted by Gasteiger charge is 2.52. The normalized spacial score (nSPS) is 27.0. The van der Waals surface area contributed by atoms with Crippen molar-refractivity contribution in [1.29, 1.82) is 0 Å². The number of nitrogens with zero attached hydrogens (tertiary/aromatic N) is 4. The Morgan fingerprint density at radius 3 is 2.66 bits per heavy atom. The van der Waals surface area contributed by atoms with Crippen molar-refractivity contribution in [3.05, 3.63) is 59.9 Å². The van der Waals surface area contributed by atoms with Gasteiger partial charge in [-0.3, -0.25) is 0 Å². The van der Waals surface area contributed by atoms with E-state index in [1.165, 1.54) is 12.0 Å². The van der Waals surface area contributed by atoms with Gasteiger partial charge in [0.05, 0.1) is 24.8 Å². The van der Waals surface area contributed by atoms with E-state index in [0.29, 0.717) is 30.1 Å². The first-order valence-corrected chi connectivity index (χ1v) is 14.6. The van der Waals surface area contributed by atoms with Crippen LogP contribution in [0.25, 0.3) is 22.1 Å². The lowest BCUT2D eigenvalue weighted by Crippen LogP contribution is -2.47. The first kappa shape index (κ1) is 28.6. The predicted octanol–water partition coefficient (Wildman–Crippen LogP) is 6.21. The van der Waals surface area contributed by atoms with Crippen LogP contribution in [0.15, 0.2) is 57.9 Å². The number of carbonyl (C=O) groups excluding carboxylic acids is 1. The average molecular weight is 609 g/mol. The molecule has 5 atom stereocenters. The summed E-state index contributed by atoms with van der Waals surface area (Å²) in [5.41, 5.74) is 1.75. The van der Waals surface area contributed by atoms with Gasteiger partial charge in [0.15, 0.2) is 17.3 Å². The molecule has 1 unspecified atom stereocenters. The van der Waals surface area contributed by atoms with Crippen molar-refractivity contribution < 1.29 is 36.6 Å². The monoisotopic (exact) mass is 608 g/mol. The second-order valence-corrected chi connectivity index (χ2v) is 11.9. The molecule has 2 aromatic heterocycles. The topological polar surface area (TPSA) is 99.3 Å². The highest BCUT2D eigenvalue weighted by atomic mass is 19.4. The molecule has 0 saturated carbocycles. The van der Waals surface area contributed by atoms with Gasteiger partial charge in [0.25, 0.3) is 0 Å². The third-order valence-electron chi connectivity index (χ3n) is 9.25. The minimum atomic E-state index is -4.83. The molecule has 9 nitrogen and oxygen atoms in total. The summed E-state index contributed by atoms with van der Waals surface area (Å²) in [6.07, 6.45) is -4.47. The van der Waals surface area contributed by atoms with Crippen LogP contribution in [0.2, 0.25) is 0 Å². The zero-order chi connectivity index (χ0) is 30.8. The van der Waals surface area contributed by atoms with E-state index in [1.807, 2.05) is 18.2 Å². The van der Waals surface area contributed by atoms with E-state index in [9.17, 15) is 18.0 Å². The number of hydrogen-bond donors (Lipinski definition) is 0. The minimum absolute atomic E-state index is 0.0163. The van der Waals surface area contributed by atoms with Crippen LogP contribution >= 0.6 is 0 Å². The second-order valence-electron chi connectivity index (χ2n) is 11.9. The van der Waals surface area contributed by atoms with Gasteiger partial charge in [-0.05, 0) is 48.9 Å². The molecule has 0 N–H and O–H groups in total. The maximum Gasteiger partial charge on any atom is 0.451 e. The van der Waals surface area contributed by atoms with Crippen LogP contribution in [0.4, 0.5) is 24.7 Å². The predicted molar refractivity (Wildman–Crippen MR) is 156 cm³/mol. The number of halogens is 3. The van der Waals surface area contributed by atoms with Crippen LogP contribution in [0.5, 0.6) is 0 Å². The molecule has 2 fully saturated rings. The number of aromatic nitrogens is 2. The average Bonchev–Trinajstić information content (AvgIpc) is 3.69. The summed E-state index contributed by atoms with van der Waals surface area (Å²) in [6, 6.07) is 13.6. The molecule has 2 saturated heterocycles. The minimum Gasteiger partial charge on any atom is -0.475 e. The van der Waals surface area contributed by atoms with E-state index in [2.05, 4.69) is 29.9 Å². The van der Waals surface area contributed by atoms with Crippen LogP contribution in [0.3, 0.4) is 0 Å². The molecule has 0 spiro atoms. The Bertz CT molecular complexity index is 1790. The maximum absolute atomic E-state index is 14.1. The summed E-state index contributed by atoms with van der Waals surface area (Å²) in [7, 11) is 1.24. The number of hydrogen-bond acceptors (Lipinski definition) is 9. The van der Waals surface area contributed by atoms with E-state index in [0.717, 1.165) is 17.7 Å². The van der Waals surface area contributed by atoms with Crippen molar-refractivity contribution in [3.8, 4) is 0 Å². The van der Waals surface area contributed by atoms with Crippen LogP contribution in [-0.4, -0.2) is 60.8 Å². The van der Waals surface area contributed by atoms with Crippen LogP contribution in [-0.2, 0) is 30.6 Å². The Morgan fingerprint density at radius 1 is 1.11 bits per heavy atom. The largest absolute Gasteiger partial charge is 0.475 e. The van der Waals surface area contributed by atoms with Gasteiger partial charge in [0.2, 0.25) is 5.82 Å². The van der Waals surface area contributed by atoms with Gasteiger partial charge < -0.3 is 23.5 Å². The van der Waals surface area contributed by atoms with Gasteiger partial charge in [-0.1, -0.05) is 37.3 Å². The van der Waals surface area contributed by atoms with Crippen LogP contribution < -0.4 is 4.90 Å². The standard InChI is InChI=1S/C32H31F3N4O5/c1-17-16-42-13-12-20(17)31(2)21-9-5-6-10-22(21)36-30(31)43-18-14-23(28(40)41-3)39(15-18)27-26-25(37-29(38-27)32(33,34)35)19-8-4-7-11-24(19)44-26/h4-11,17-18,20,23H,12-16H2,1-3H3/t17-,18+,20-,23+,31?/m1/s1. The smallest absolute Gasteiger partial charge is 0.451 e. The lowest BCUT2D eigenvalue weighted by Gasteiger charge is -2.42. The Morgan fingerprint density at radius 2 is 1.89 bits per heavy atom. The number of alkyl halides is 3. The van der Waals surface area contributed by atoms with Crippen LogP contribution in [0, 0.1) is 11.8 Å². The molecular formula is C32H31F3N4O5. The number of furan rings is 1. The van der Waals surface area contributed by atoms with E-state index in [1.54, 1.807) is 24.3 Å². The molecule has 0 radical (unpaired) electrons. The molecule has 0 amide bonds. The number of aliphatic imine (C=N–C) groups is 1. The summed E-state index contributed by atoms with van der Waals surface area (Å²) >= 11 is 0. The summed E-state index contributed by atoms with van der Waals surface area (Å²) in [5, 5.41) is 0.415. The zero-order valence-electron chi connectivity index (χ0n) is 24.4. The van der Waals surface area contributed by atoms with Crippen LogP contribution in [0.1, 0.15) is 38.1 Å². The number of carbonyl (C=O) groups is 1. The van der Waals surface area contributed by atoms with Gasteiger partial charge in [0.1, 0.15) is 23.2 Å². The summed E-state index contributed by atoms with van der Waals surface area (Å²) in [4.78, 5) is 27.2.